The molecule has 4 aromatic rings. The van der Waals surface area contributed by atoms with Crippen LogP contribution in [0, 0.1) is 0 Å². The van der Waals surface area contributed by atoms with E-state index >= 15 is 0 Å². The van der Waals surface area contributed by atoms with Gasteiger partial charge in [-0.3, -0.25) is 19.5 Å². The van der Waals surface area contributed by atoms with Gasteiger partial charge in [0.25, 0.3) is 11.5 Å². The highest BCUT2D eigenvalue weighted by atomic mass is 16.5. The number of nitrogens with zero attached hydrogens (tertiary/aromatic N) is 3. The van der Waals surface area contributed by atoms with E-state index < -0.39 is 0 Å². The lowest BCUT2D eigenvalue weighted by atomic mass is 10.1. The van der Waals surface area contributed by atoms with E-state index in [1.807, 2.05) is 31.3 Å². The lowest BCUT2D eigenvalue weighted by Gasteiger charge is -2.20. The van der Waals surface area contributed by atoms with Crippen LogP contribution in [0.4, 0.5) is 0 Å². The SMILES string of the molecule is COc1cc(=O)n2c(c1C(=O)NC(C)c1ccco1)CCN(Cc1cccc3cccnc13)CC2. The van der Waals surface area contributed by atoms with Gasteiger partial charge in [-0.25, -0.2) is 0 Å². The van der Waals surface area contributed by atoms with Gasteiger partial charge in [0, 0.05) is 55.9 Å². The summed E-state index contributed by atoms with van der Waals surface area (Å²) < 4.78 is 12.6. The molecule has 0 radical (unpaired) electrons. The van der Waals surface area contributed by atoms with Crippen molar-refractivity contribution < 1.29 is 13.9 Å². The molecular weight excluding hydrogens is 444 g/mol. The molecule has 3 aromatic heterocycles. The predicted octanol–water partition coefficient (Wildman–Crippen LogP) is 3.55. The number of benzene rings is 1. The minimum Gasteiger partial charge on any atom is -0.496 e. The summed E-state index contributed by atoms with van der Waals surface area (Å²) in [6, 6.07) is 14.9. The van der Waals surface area contributed by atoms with Crippen molar-refractivity contribution in [1.29, 1.82) is 0 Å². The highest BCUT2D eigenvalue weighted by molar-refractivity contribution is 5.98. The number of hydrogen-bond donors (Lipinski definition) is 1. The van der Waals surface area contributed by atoms with Crippen LogP contribution in [0.25, 0.3) is 10.9 Å². The van der Waals surface area contributed by atoms with Crippen LogP contribution in [0.2, 0.25) is 0 Å². The zero-order valence-corrected chi connectivity index (χ0v) is 19.9. The predicted molar refractivity (Wildman–Crippen MR) is 133 cm³/mol. The molecule has 0 aliphatic carbocycles. The van der Waals surface area contributed by atoms with Crippen LogP contribution < -0.4 is 15.6 Å². The van der Waals surface area contributed by atoms with Crippen molar-refractivity contribution in [1.82, 2.24) is 19.8 Å². The standard InChI is InChI=1S/C27H28N4O4/c1-18(22-9-5-15-35-22)29-27(33)25-21-10-12-30(13-14-31(21)24(32)16-23(25)34-2)17-20-7-3-6-19-8-4-11-28-26(19)20/h3-9,11,15-16,18H,10,12-14,17H2,1-2H3,(H,29,33). The third-order valence-electron chi connectivity index (χ3n) is 6.56. The Morgan fingerprint density at radius 3 is 2.83 bits per heavy atom. The van der Waals surface area contributed by atoms with E-state index in [-0.39, 0.29) is 23.3 Å². The van der Waals surface area contributed by atoms with Gasteiger partial charge in [0.1, 0.15) is 17.1 Å². The van der Waals surface area contributed by atoms with Gasteiger partial charge in [-0.05, 0) is 30.7 Å². The molecule has 0 saturated heterocycles. The summed E-state index contributed by atoms with van der Waals surface area (Å²) in [5.41, 5.74) is 3.06. The number of para-hydroxylation sites is 1. The Labute approximate surface area is 203 Å². The largest absolute Gasteiger partial charge is 0.496 e. The molecule has 5 rings (SSSR count). The highest BCUT2D eigenvalue weighted by Gasteiger charge is 2.26. The average molecular weight is 473 g/mol. The Morgan fingerprint density at radius 1 is 1.17 bits per heavy atom. The van der Waals surface area contributed by atoms with E-state index in [2.05, 4.69) is 33.4 Å². The van der Waals surface area contributed by atoms with Crippen molar-refractivity contribution in [3.8, 4) is 5.75 Å². The summed E-state index contributed by atoms with van der Waals surface area (Å²) in [7, 11) is 1.48. The molecule has 8 heteroatoms. The second-order valence-corrected chi connectivity index (χ2v) is 8.75. The topological polar surface area (TPSA) is 89.6 Å². The number of carbonyl (C=O) groups excluding carboxylic acids is 1. The normalized spacial score (nSPS) is 14.8. The molecule has 1 unspecified atom stereocenters. The van der Waals surface area contributed by atoms with E-state index in [0.29, 0.717) is 49.6 Å². The van der Waals surface area contributed by atoms with Crippen LogP contribution >= 0.6 is 0 Å². The molecule has 1 aliphatic rings. The molecule has 0 saturated carbocycles. The molecule has 1 N–H and O–H groups in total. The molecule has 1 aromatic carbocycles. The van der Waals surface area contributed by atoms with Gasteiger partial charge in [0.05, 0.1) is 24.9 Å². The number of aromatic nitrogens is 2. The molecular formula is C27H28N4O4. The summed E-state index contributed by atoms with van der Waals surface area (Å²) in [5, 5.41) is 4.09. The van der Waals surface area contributed by atoms with Crippen LogP contribution in [-0.4, -0.2) is 40.6 Å². The summed E-state index contributed by atoms with van der Waals surface area (Å²) in [5.74, 6) is 0.657. The number of ether oxygens (including phenoxy) is 1. The second-order valence-electron chi connectivity index (χ2n) is 8.75. The first-order valence-corrected chi connectivity index (χ1v) is 11.7. The zero-order valence-electron chi connectivity index (χ0n) is 19.9. The summed E-state index contributed by atoms with van der Waals surface area (Å²) >= 11 is 0. The van der Waals surface area contributed by atoms with Crippen molar-refractivity contribution in [3.63, 3.8) is 0 Å². The Hall–Kier alpha value is -3.91. The number of amides is 1. The minimum atomic E-state index is -0.323. The lowest BCUT2D eigenvalue weighted by Crippen LogP contribution is -2.32. The van der Waals surface area contributed by atoms with Crippen LogP contribution in [0.15, 0.2) is 70.2 Å². The van der Waals surface area contributed by atoms with Gasteiger partial charge in [0.15, 0.2) is 0 Å². The van der Waals surface area contributed by atoms with Crippen LogP contribution in [0.1, 0.15) is 40.3 Å². The Bertz CT molecular complexity index is 1410. The first-order valence-electron chi connectivity index (χ1n) is 11.7. The van der Waals surface area contributed by atoms with Gasteiger partial charge >= 0.3 is 0 Å². The average Bonchev–Trinajstić information content (AvgIpc) is 3.33. The van der Waals surface area contributed by atoms with Crippen molar-refractivity contribution in [3.05, 3.63) is 93.9 Å². The number of nitrogens with one attached hydrogen (secondary N) is 1. The molecule has 4 heterocycles. The van der Waals surface area contributed by atoms with E-state index in [4.69, 9.17) is 9.15 Å². The lowest BCUT2D eigenvalue weighted by molar-refractivity contribution is 0.0930. The van der Waals surface area contributed by atoms with E-state index in [0.717, 1.165) is 16.5 Å². The van der Waals surface area contributed by atoms with E-state index in [9.17, 15) is 9.59 Å². The third kappa shape index (κ3) is 4.57. The number of pyridine rings is 2. The number of rotatable bonds is 6. The van der Waals surface area contributed by atoms with Crippen molar-refractivity contribution in [2.45, 2.75) is 32.5 Å². The fourth-order valence-corrected chi connectivity index (χ4v) is 4.77. The highest BCUT2D eigenvalue weighted by Crippen LogP contribution is 2.25. The van der Waals surface area contributed by atoms with Crippen molar-refractivity contribution >= 4 is 16.8 Å². The Balaban J connectivity index is 1.42. The van der Waals surface area contributed by atoms with Gasteiger partial charge in [0.2, 0.25) is 0 Å². The third-order valence-corrected chi connectivity index (χ3v) is 6.56. The first-order chi connectivity index (χ1) is 17.0. The Morgan fingerprint density at radius 2 is 2.03 bits per heavy atom. The smallest absolute Gasteiger partial charge is 0.257 e. The van der Waals surface area contributed by atoms with Crippen molar-refractivity contribution in [2.75, 3.05) is 20.2 Å². The maximum absolute atomic E-state index is 13.4. The van der Waals surface area contributed by atoms with E-state index in [1.54, 1.807) is 16.9 Å². The Kier molecular flexibility index (Phi) is 6.37. The summed E-state index contributed by atoms with van der Waals surface area (Å²) in [6.07, 6.45) is 3.93. The van der Waals surface area contributed by atoms with Crippen LogP contribution in [0.3, 0.4) is 0 Å². The molecule has 0 fully saturated rings. The molecule has 1 amide bonds. The molecule has 1 aliphatic heterocycles. The molecule has 35 heavy (non-hydrogen) atoms. The fraction of sp³-hybridized carbons (Fsp3) is 0.296. The molecule has 0 spiro atoms. The maximum Gasteiger partial charge on any atom is 0.257 e. The van der Waals surface area contributed by atoms with Gasteiger partial charge < -0.3 is 19.0 Å². The molecule has 0 bridgehead atoms. The number of furan rings is 1. The fourth-order valence-electron chi connectivity index (χ4n) is 4.77. The molecule has 180 valence electrons. The zero-order chi connectivity index (χ0) is 24.4. The first kappa shape index (κ1) is 22.9. The van der Waals surface area contributed by atoms with Crippen LogP contribution in [0.5, 0.6) is 5.75 Å². The number of methoxy groups -OCH3 is 1. The van der Waals surface area contributed by atoms with Crippen molar-refractivity contribution in [2.24, 2.45) is 0 Å². The van der Waals surface area contributed by atoms with E-state index in [1.165, 1.54) is 13.2 Å². The van der Waals surface area contributed by atoms with Gasteiger partial charge in [-0.15, -0.1) is 0 Å². The summed E-state index contributed by atoms with van der Waals surface area (Å²) in [6.45, 7) is 4.45. The number of carbonyl (C=O) groups is 1. The minimum absolute atomic E-state index is 0.166. The molecule has 1 atom stereocenters. The number of hydrogen-bond acceptors (Lipinski definition) is 6. The second kappa shape index (κ2) is 9.76. The number of fused-ring (bicyclic) bond motifs is 2. The summed E-state index contributed by atoms with van der Waals surface area (Å²) in [4.78, 5) is 33.2. The maximum atomic E-state index is 13.4. The van der Waals surface area contributed by atoms with Crippen LogP contribution in [-0.2, 0) is 19.5 Å². The van der Waals surface area contributed by atoms with Gasteiger partial charge in [-0.1, -0.05) is 24.3 Å². The quantitative estimate of drug-likeness (QED) is 0.462. The van der Waals surface area contributed by atoms with Gasteiger partial charge in [-0.2, -0.15) is 0 Å². The molecule has 8 nitrogen and oxygen atoms in total. The monoisotopic (exact) mass is 472 g/mol.